The average molecular weight is 261 g/mol. The van der Waals surface area contributed by atoms with Gasteiger partial charge in [0.2, 0.25) is 0 Å². The molecule has 0 saturated carbocycles. The molecule has 0 spiro atoms. The van der Waals surface area contributed by atoms with Gasteiger partial charge in [-0.25, -0.2) is 0 Å². The molecule has 1 fully saturated rings. The first kappa shape index (κ1) is 12.8. The van der Waals surface area contributed by atoms with Crippen LogP contribution in [0.2, 0.25) is 0 Å². The van der Waals surface area contributed by atoms with E-state index in [2.05, 4.69) is 41.1 Å². The van der Waals surface area contributed by atoms with Crippen molar-refractivity contribution in [2.24, 2.45) is 11.1 Å². The van der Waals surface area contributed by atoms with Crippen molar-refractivity contribution in [1.29, 1.82) is 0 Å². The molecule has 1 aromatic rings. The molecule has 1 saturated heterocycles. The molecule has 19 heavy (non-hydrogen) atoms. The maximum absolute atomic E-state index is 6.02. The highest BCUT2D eigenvalue weighted by Gasteiger charge is 2.36. The van der Waals surface area contributed by atoms with Gasteiger partial charge in [0.1, 0.15) is 0 Å². The van der Waals surface area contributed by atoms with Gasteiger partial charge in [-0.05, 0) is 18.6 Å². The molecule has 0 amide bonds. The van der Waals surface area contributed by atoms with E-state index in [-0.39, 0.29) is 5.41 Å². The maximum atomic E-state index is 6.02. The Kier molecular flexibility index (Phi) is 3.37. The van der Waals surface area contributed by atoms with Gasteiger partial charge in [0.05, 0.1) is 18.0 Å². The number of rotatable bonds is 3. The number of hydrogen-bond acceptors (Lipinski definition) is 4. The van der Waals surface area contributed by atoms with E-state index in [1.807, 2.05) is 0 Å². The minimum atomic E-state index is 0.142. The van der Waals surface area contributed by atoms with Gasteiger partial charge >= 0.3 is 0 Å². The van der Waals surface area contributed by atoms with Crippen molar-refractivity contribution < 1.29 is 4.74 Å². The van der Waals surface area contributed by atoms with E-state index in [0.29, 0.717) is 6.54 Å². The van der Waals surface area contributed by atoms with Gasteiger partial charge in [0.25, 0.3) is 0 Å². The number of anilines is 2. The topological polar surface area (TPSA) is 41.7 Å². The first-order valence-corrected chi connectivity index (χ1v) is 7.07. The summed E-state index contributed by atoms with van der Waals surface area (Å²) in [6.07, 6.45) is 1.08. The summed E-state index contributed by atoms with van der Waals surface area (Å²) < 4.78 is 5.58. The summed E-state index contributed by atoms with van der Waals surface area (Å²) in [5.74, 6) is 0. The van der Waals surface area contributed by atoms with Crippen molar-refractivity contribution in [1.82, 2.24) is 0 Å². The SMILES string of the molecule is CN1CCN(CC2(CN)CCOC2)c2ccccc21. The number of nitrogens with zero attached hydrogens (tertiary/aromatic N) is 2. The molecule has 4 heteroatoms. The lowest BCUT2D eigenvalue weighted by Crippen LogP contribution is -2.48. The van der Waals surface area contributed by atoms with Crippen molar-refractivity contribution in [3.63, 3.8) is 0 Å². The Hall–Kier alpha value is -1.26. The number of likely N-dealkylation sites (N-methyl/N-ethyl adjacent to an activating group) is 1. The van der Waals surface area contributed by atoms with Crippen LogP contribution in [-0.4, -0.2) is 46.4 Å². The van der Waals surface area contributed by atoms with Crippen LogP contribution in [0.1, 0.15) is 6.42 Å². The fourth-order valence-electron chi connectivity index (χ4n) is 3.13. The minimum absolute atomic E-state index is 0.142. The van der Waals surface area contributed by atoms with Gasteiger partial charge < -0.3 is 20.3 Å². The number of ether oxygens (including phenoxy) is 1. The van der Waals surface area contributed by atoms with Crippen LogP contribution < -0.4 is 15.5 Å². The zero-order valence-electron chi connectivity index (χ0n) is 11.6. The van der Waals surface area contributed by atoms with Gasteiger partial charge in [-0.15, -0.1) is 0 Å². The van der Waals surface area contributed by atoms with Gasteiger partial charge in [0, 0.05) is 45.2 Å². The van der Waals surface area contributed by atoms with E-state index >= 15 is 0 Å². The Bertz CT molecular complexity index is 443. The molecule has 2 heterocycles. The van der Waals surface area contributed by atoms with Crippen LogP contribution >= 0.6 is 0 Å². The van der Waals surface area contributed by atoms with Crippen molar-refractivity contribution in [3.05, 3.63) is 24.3 Å². The monoisotopic (exact) mass is 261 g/mol. The number of hydrogen-bond donors (Lipinski definition) is 1. The standard InChI is InChI=1S/C15H23N3O/c1-17-7-8-18(14-5-3-2-4-13(14)17)11-15(10-16)6-9-19-12-15/h2-5H,6-12,16H2,1H3. The van der Waals surface area contributed by atoms with Crippen LogP contribution in [-0.2, 0) is 4.74 Å². The summed E-state index contributed by atoms with van der Waals surface area (Å²) in [5.41, 5.74) is 8.81. The molecular weight excluding hydrogens is 238 g/mol. The van der Waals surface area contributed by atoms with E-state index < -0.39 is 0 Å². The Morgan fingerprint density at radius 3 is 2.74 bits per heavy atom. The smallest absolute Gasteiger partial charge is 0.0604 e. The Balaban J connectivity index is 1.84. The summed E-state index contributed by atoms with van der Waals surface area (Å²) in [4.78, 5) is 4.81. The molecule has 0 aromatic heterocycles. The second kappa shape index (κ2) is 5.02. The third-order valence-electron chi connectivity index (χ3n) is 4.48. The van der Waals surface area contributed by atoms with Crippen LogP contribution in [0.5, 0.6) is 0 Å². The van der Waals surface area contributed by atoms with Crippen molar-refractivity contribution >= 4 is 11.4 Å². The number of fused-ring (bicyclic) bond motifs is 1. The molecule has 0 bridgehead atoms. The second-order valence-corrected chi connectivity index (χ2v) is 5.84. The molecule has 1 unspecified atom stereocenters. The third-order valence-corrected chi connectivity index (χ3v) is 4.48. The molecule has 2 aliphatic heterocycles. The van der Waals surface area contributed by atoms with Gasteiger partial charge in [-0.2, -0.15) is 0 Å². The molecule has 2 aliphatic rings. The molecule has 4 nitrogen and oxygen atoms in total. The molecule has 0 radical (unpaired) electrons. The van der Waals surface area contributed by atoms with E-state index in [1.165, 1.54) is 11.4 Å². The minimum Gasteiger partial charge on any atom is -0.381 e. The molecule has 2 N–H and O–H groups in total. The summed E-state index contributed by atoms with van der Waals surface area (Å²) in [6, 6.07) is 8.63. The predicted octanol–water partition coefficient (Wildman–Crippen LogP) is 1.31. The molecular formula is C15H23N3O. The van der Waals surface area contributed by atoms with Gasteiger partial charge in [-0.1, -0.05) is 12.1 Å². The van der Waals surface area contributed by atoms with Crippen LogP contribution in [0.4, 0.5) is 11.4 Å². The Morgan fingerprint density at radius 2 is 2.05 bits per heavy atom. The molecule has 1 aromatic carbocycles. The van der Waals surface area contributed by atoms with Crippen molar-refractivity contribution in [2.75, 3.05) is 56.2 Å². The summed E-state index contributed by atoms with van der Waals surface area (Å²) in [5, 5.41) is 0. The van der Waals surface area contributed by atoms with Gasteiger partial charge in [-0.3, -0.25) is 0 Å². The number of para-hydroxylation sites is 2. The quantitative estimate of drug-likeness (QED) is 0.891. The lowest BCUT2D eigenvalue weighted by Gasteiger charge is -2.41. The molecule has 0 aliphatic carbocycles. The first-order chi connectivity index (χ1) is 9.24. The average Bonchev–Trinajstić information content (AvgIpc) is 2.92. The normalized spacial score (nSPS) is 26.6. The fourth-order valence-corrected chi connectivity index (χ4v) is 3.13. The Labute approximate surface area is 115 Å². The largest absolute Gasteiger partial charge is 0.381 e. The first-order valence-electron chi connectivity index (χ1n) is 7.07. The zero-order valence-corrected chi connectivity index (χ0v) is 11.6. The van der Waals surface area contributed by atoms with E-state index in [4.69, 9.17) is 10.5 Å². The lowest BCUT2D eigenvalue weighted by atomic mass is 9.86. The highest BCUT2D eigenvalue weighted by Crippen LogP contribution is 2.36. The number of benzene rings is 1. The Morgan fingerprint density at radius 1 is 1.26 bits per heavy atom. The van der Waals surface area contributed by atoms with Crippen molar-refractivity contribution in [2.45, 2.75) is 6.42 Å². The molecule has 104 valence electrons. The van der Waals surface area contributed by atoms with Crippen LogP contribution in [0.15, 0.2) is 24.3 Å². The molecule has 1 atom stereocenters. The summed E-state index contributed by atoms with van der Waals surface area (Å²) in [7, 11) is 2.16. The van der Waals surface area contributed by atoms with Crippen LogP contribution in [0.25, 0.3) is 0 Å². The van der Waals surface area contributed by atoms with E-state index in [1.54, 1.807) is 0 Å². The fraction of sp³-hybridized carbons (Fsp3) is 0.600. The molecule has 3 rings (SSSR count). The van der Waals surface area contributed by atoms with Crippen molar-refractivity contribution in [3.8, 4) is 0 Å². The maximum Gasteiger partial charge on any atom is 0.0604 e. The van der Waals surface area contributed by atoms with E-state index in [0.717, 1.165) is 39.3 Å². The van der Waals surface area contributed by atoms with Crippen LogP contribution in [0.3, 0.4) is 0 Å². The van der Waals surface area contributed by atoms with Crippen LogP contribution in [0, 0.1) is 5.41 Å². The second-order valence-electron chi connectivity index (χ2n) is 5.84. The lowest BCUT2D eigenvalue weighted by molar-refractivity contribution is 0.157. The highest BCUT2D eigenvalue weighted by atomic mass is 16.5. The highest BCUT2D eigenvalue weighted by molar-refractivity contribution is 5.73. The third kappa shape index (κ3) is 2.30. The summed E-state index contributed by atoms with van der Waals surface area (Å²) in [6.45, 7) is 5.51. The van der Waals surface area contributed by atoms with E-state index in [9.17, 15) is 0 Å². The number of nitrogens with two attached hydrogens (primary N) is 1. The predicted molar refractivity (Wildman–Crippen MR) is 78.8 cm³/mol. The van der Waals surface area contributed by atoms with Gasteiger partial charge in [0.15, 0.2) is 0 Å². The summed E-state index contributed by atoms with van der Waals surface area (Å²) >= 11 is 0. The zero-order chi connectivity index (χ0) is 13.3.